The van der Waals surface area contributed by atoms with E-state index in [0.717, 1.165) is 35.3 Å². The molecule has 0 unspecified atom stereocenters. The number of unbranched alkanes of at least 4 members (excludes halogenated alkanes) is 1. The van der Waals surface area contributed by atoms with E-state index in [9.17, 15) is 9.59 Å². The molecular weight excluding hydrogens is 432 g/mol. The van der Waals surface area contributed by atoms with Crippen molar-refractivity contribution in [2.24, 2.45) is 5.84 Å². The van der Waals surface area contributed by atoms with Gasteiger partial charge in [0.05, 0.1) is 23.4 Å². The van der Waals surface area contributed by atoms with E-state index in [2.05, 4.69) is 15.4 Å². The highest BCUT2D eigenvalue weighted by Crippen LogP contribution is 2.28. The van der Waals surface area contributed by atoms with Gasteiger partial charge in [-0.25, -0.2) is 10.8 Å². The molecule has 172 valence electrons. The van der Waals surface area contributed by atoms with Gasteiger partial charge >= 0.3 is 0 Å². The van der Waals surface area contributed by atoms with Crippen LogP contribution >= 0.6 is 0 Å². The van der Waals surface area contributed by atoms with Crippen LogP contribution in [0.5, 0.6) is 5.75 Å². The van der Waals surface area contributed by atoms with Gasteiger partial charge in [0.2, 0.25) is 0 Å². The maximum absolute atomic E-state index is 12.3. The molecule has 2 aromatic heterocycles. The molecule has 4 aromatic rings. The molecule has 4 rings (SSSR count). The number of ether oxygens (including phenoxy) is 1. The summed E-state index contributed by atoms with van der Waals surface area (Å²) in [5.74, 6) is 5.68. The number of fused-ring (bicyclic) bond motifs is 1. The molecule has 0 atom stereocenters. The van der Waals surface area contributed by atoms with Gasteiger partial charge in [0, 0.05) is 23.8 Å². The molecule has 0 aliphatic carbocycles. The minimum absolute atomic E-state index is 0.172. The Morgan fingerprint density at radius 3 is 2.32 bits per heavy atom. The number of aromatic nitrogens is 2. The lowest BCUT2D eigenvalue weighted by atomic mass is 10.0. The number of amides is 1. The van der Waals surface area contributed by atoms with E-state index in [0.29, 0.717) is 35.1 Å². The zero-order valence-corrected chi connectivity index (χ0v) is 18.4. The van der Waals surface area contributed by atoms with Crippen molar-refractivity contribution in [3.63, 3.8) is 0 Å². The predicted molar refractivity (Wildman–Crippen MR) is 129 cm³/mol. The van der Waals surface area contributed by atoms with Gasteiger partial charge in [0.25, 0.3) is 5.91 Å². The second-order valence-corrected chi connectivity index (χ2v) is 7.65. The smallest absolute Gasteiger partial charge is 0.265 e. The average molecular weight is 457 g/mol. The molecule has 0 spiro atoms. The van der Waals surface area contributed by atoms with E-state index >= 15 is 0 Å². The number of hydrogen-bond acceptors (Lipinski definition) is 7. The van der Waals surface area contributed by atoms with Gasteiger partial charge in [-0.2, -0.15) is 0 Å². The molecule has 0 saturated heterocycles. The van der Waals surface area contributed by atoms with Crippen LogP contribution in [-0.4, -0.2) is 40.5 Å². The summed E-state index contributed by atoms with van der Waals surface area (Å²) in [7, 11) is 0. The van der Waals surface area contributed by atoms with Crippen LogP contribution in [0.15, 0.2) is 66.9 Å². The Morgan fingerprint density at radius 2 is 1.68 bits per heavy atom. The summed E-state index contributed by atoms with van der Waals surface area (Å²) in [6.07, 6.45) is 3.62. The summed E-state index contributed by atoms with van der Waals surface area (Å²) < 4.78 is 5.68. The minimum Gasteiger partial charge on any atom is -0.494 e. The zero-order chi connectivity index (χ0) is 23.9. The molecule has 0 bridgehead atoms. The Morgan fingerprint density at radius 1 is 1.00 bits per heavy atom. The molecule has 2 heterocycles. The van der Waals surface area contributed by atoms with Gasteiger partial charge in [-0.3, -0.25) is 20.0 Å². The Balaban J connectivity index is 1.60. The third-order valence-corrected chi connectivity index (χ3v) is 5.40. The second kappa shape index (κ2) is 10.7. The van der Waals surface area contributed by atoms with Crippen molar-refractivity contribution in [3.05, 3.63) is 78.1 Å². The summed E-state index contributed by atoms with van der Waals surface area (Å²) in [5, 5.41) is 9.34. The molecule has 0 aliphatic rings. The number of carbonyl (C=O) groups excluding carboxylic acids is 2. The van der Waals surface area contributed by atoms with Gasteiger partial charge in [0.15, 0.2) is 6.29 Å². The van der Waals surface area contributed by atoms with Crippen LogP contribution in [0.1, 0.15) is 33.7 Å². The van der Waals surface area contributed by atoms with Gasteiger partial charge < -0.3 is 9.84 Å². The molecule has 1 amide bonds. The molecule has 8 nitrogen and oxygen atoms in total. The van der Waals surface area contributed by atoms with Crippen molar-refractivity contribution in [1.29, 1.82) is 0 Å². The molecule has 0 radical (unpaired) electrons. The number of aliphatic hydroxyl groups is 1. The largest absolute Gasteiger partial charge is 0.494 e. The summed E-state index contributed by atoms with van der Waals surface area (Å²) in [6.45, 7) is 0.744. The number of benzene rings is 2. The number of hydrogen-bond donors (Lipinski definition) is 3. The number of aliphatic hydroxyl groups excluding tert-OH is 1. The number of pyridine rings is 2. The fraction of sp³-hybridized carbons (Fsp3) is 0.154. The summed E-state index contributed by atoms with van der Waals surface area (Å²) in [5.41, 5.74) is 6.62. The second-order valence-electron chi connectivity index (χ2n) is 7.65. The van der Waals surface area contributed by atoms with Gasteiger partial charge in [0.1, 0.15) is 11.4 Å². The number of rotatable bonds is 9. The maximum atomic E-state index is 12.3. The van der Waals surface area contributed by atoms with Crippen molar-refractivity contribution >= 4 is 23.1 Å². The molecule has 0 aliphatic heterocycles. The number of nitrogens with two attached hydrogens (primary N) is 1. The molecule has 34 heavy (non-hydrogen) atoms. The van der Waals surface area contributed by atoms with Crippen LogP contribution in [0, 0.1) is 0 Å². The predicted octanol–water partition coefficient (Wildman–Crippen LogP) is 3.53. The Bertz CT molecular complexity index is 1310. The quantitative estimate of drug-likeness (QED) is 0.116. The SMILES string of the molecule is NNC(=O)c1cc(-c2ccc(-c3ccc(OCCCCO)cc3)cc2)nc2cc(C=O)ncc12. The number of carbonyl (C=O) groups is 2. The number of nitrogens with one attached hydrogen (secondary N) is 1. The molecule has 2 aromatic carbocycles. The van der Waals surface area contributed by atoms with Crippen molar-refractivity contribution in [2.75, 3.05) is 13.2 Å². The monoisotopic (exact) mass is 456 g/mol. The van der Waals surface area contributed by atoms with E-state index in [4.69, 9.17) is 15.7 Å². The lowest BCUT2D eigenvalue weighted by Crippen LogP contribution is -2.30. The first-order valence-electron chi connectivity index (χ1n) is 10.8. The first-order valence-corrected chi connectivity index (χ1v) is 10.8. The van der Waals surface area contributed by atoms with Crippen LogP contribution in [0.4, 0.5) is 0 Å². The van der Waals surface area contributed by atoms with Crippen LogP contribution in [0.3, 0.4) is 0 Å². The summed E-state index contributed by atoms with van der Waals surface area (Å²) >= 11 is 0. The number of hydrazine groups is 1. The topological polar surface area (TPSA) is 127 Å². The minimum atomic E-state index is -0.468. The van der Waals surface area contributed by atoms with E-state index < -0.39 is 5.91 Å². The van der Waals surface area contributed by atoms with Gasteiger partial charge in [-0.1, -0.05) is 36.4 Å². The van der Waals surface area contributed by atoms with E-state index in [1.807, 2.05) is 48.5 Å². The fourth-order valence-corrected chi connectivity index (χ4v) is 3.60. The highest BCUT2D eigenvalue weighted by atomic mass is 16.5. The van der Waals surface area contributed by atoms with Crippen molar-refractivity contribution in [1.82, 2.24) is 15.4 Å². The number of nitrogens with zero attached hydrogens (tertiary/aromatic N) is 2. The fourth-order valence-electron chi connectivity index (χ4n) is 3.60. The first kappa shape index (κ1) is 23.0. The number of aldehydes is 1. The highest BCUT2D eigenvalue weighted by molar-refractivity contribution is 6.07. The molecule has 4 N–H and O–H groups in total. The molecular formula is C26H24N4O4. The maximum Gasteiger partial charge on any atom is 0.265 e. The van der Waals surface area contributed by atoms with Gasteiger partial charge in [-0.05, 0) is 48.2 Å². The highest BCUT2D eigenvalue weighted by Gasteiger charge is 2.14. The first-order chi connectivity index (χ1) is 16.6. The third kappa shape index (κ3) is 5.09. The number of nitrogen functional groups attached to an aromatic ring is 1. The van der Waals surface area contributed by atoms with E-state index in [1.54, 1.807) is 12.1 Å². The lowest BCUT2D eigenvalue weighted by Gasteiger charge is -2.10. The van der Waals surface area contributed by atoms with Crippen LogP contribution in [0.25, 0.3) is 33.3 Å². The average Bonchev–Trinajstić information content (AvgIpc) is 2.90. The molecule has 0 fully saturated rings. The Kier molecular flexibility index (Phi) is 7.22. The van der Waals surface area contributed by atoms with E-state index in [1.165, 1.54) is 6.20 Å². The van der Waals surface area contributed by atoms with Crippen molar-refractivity contribution in [3.8, 4) is 28.1 Å². The van der Waals surface area contributed by atoms with Crippen LogP contribution in [-0.2, 0) is 0 Å². The van der Waals surface area contributed by atoms with Crippen LogP contribution in [0.2, 0.25) is 0 Å². The lowest BCUT2D eigenvalue weighted by molar-refractivity contribution is 0.0955. The summed E-state index contributed by atoms with van der Waals surface area (Å²) in [4.78, 5) is 32.2. The van der Waals surface area contributed by atoms with Crippen molar-refractivity contribution in [2.45, 2.75) is 12.8 Å². The standard InChI is InChI=1S/C26H24N4O4/c27-30-26(33)22-14-24(29-25-13-20(16-32)28-15-23(22)25)19-5-3-17(4-6-19)18-7-9-21(10-8-18)34-12-2-1-11-31/h3-10,13-16,31H,1-2,11-12,27H2,(H,30,33). The van der Waals surface area contributed by atoms with Crippen molar-refractivity contribution < 1.29 is 19.4 Å². The van der Waals surface area contributed by atoms with Gasteiger partial charge in [-0.15, -0.1) is 0 Å². The van der Waals surface area contributed by atoms with Crippen LogP contribution < -0.4 is 16.0 Å². The third-order valence-electron chi connectivity index (χ3n) is 5.40. The Hall–Kier alpha value is -4.14. The Labute approximate surface area is 196 Å². The normalized spacial score (nSPS) is 10.8. The summed E-state index contributed by atoms with van der Waals surface area (Å²) in [6, 6.07) is 18.8. The zero-order valence-electron chi connectivity index (χ0n) is 18.4. The van der Waals surface area contributed by atoms with E-state index in [-0.39, 0.29) is 12.3 Å². The molecule has 0 saturated carbocycles. The molecule has 8 heteroatoms.